The van der Waals surface area contributed by atoms with Crippen LogP contribution < -0.4 is 5.73 Å². The molecule has 110 valence electrons. The molecule has 1 heterocycles. The molecule has 1 rings (SSSR count). The van der Waals surface area contributed by atoms with Crippen molar-refractivity contribution < 1.29 is 8.42 Å². The first-order chi connectivity index (χ1) is 8.95. The predicted octanol–water partition coefficient (Wildman–Crippen LogP) is 1.59. The third-order valence-electron chi connectivity index (χ3n) is 3.02. The normalized spacial score (nSPS) is 12.2. The molecule has 0 spiro atoms. The van der Waals surface area contributed by atoms with Gasteiger partial charge in [0.1, 0.15) is 0 Å². The molecule has 0 saturated carbocycles. The average Bonchev–Trinajstić information content (AvgIpc) is 2.69. The Labute approximate surface area is 115 Å². The molecule has 0 aliphatic rings. The third kappa shape index (κ3) is 3.70. The first-order valence-corrected chi connectivity index (χ1v) is 8.16. The van der Waals surface area contributed by atoms with Gasteiger partial charge < -0.3 is 10.3 Å². The fourth-order valence-electron chi connectivity index (χ4n) is 1.89. The molecule has 19 heavy (non-hydrogen) atoms. The maximum atomic E-state index is 12.6. The molecule has 0 aliphatic heterocycles. The lowest BCUT2D eigenvalue weighted by molar-refractivity contribution is 0.392. The van der Waals surface area contributed by atoms with E-state index in [1.54, 1.807) is 7.05 Å². The summed E-state index contributed by atoms with van der Waals surface area (Å²) in [4.78, 5) is 3.86. The number of nitrogen functional groups attached to an aromatic ring is 1. The minimum atomic E-state index is -3.55. The molecule has 0 bridgehead atoms. The number of rotatable bonds is 8. The van der Waals surface area contributed by atoms with E-state index in [1.165, 1.54) is 15.2 Å². The van der Waals surface area contributed by atoms with E-state index < -0.39 is 10.0 Å². The van der Waals surface area contributed by atoms with E-state index in [4.69, 9.17) is 5.73 Å². The van der Waals surface area contributed by atoms with Gasteiger partial charge in [-0.3, -0.25) is 0 Å². The van der Waals surface area contributed by atoms with Crippen molar-refractivity contribution in [2.75, 3.05) is 18.8 Å². The summed E-state index contributed by atoms with van der Waals surface area (Å²) < 4.78 is 28.3. The van der Waals surface area contributed by atoms with Gasteiger partial charge in [-0.25, -0.2) is 13.4 Å². The fraction of sp³-hybridized carbons (Fsp3) is 0.750. The van der Waals surface area contributed by atoms with Gasteiger partial charge in [-0.1, -0.05) is 26.7 Å². The van der Waals surface area contributed by atoms with Crippen LogP contribution in [0.4, 0.5) is 5.82 Å². The molecule has 1 aromatic heterocycles. The van der Waals surface area contributed by atoms with Crippen LogP contribution in [0.1, 0.15) is 39.5 Å². The zero-order chi connectivity index (χ0) is 14.5. The van der Waals surface area contributed by atoms with Gasteiger partial charge in [0.25, 0.3) is 10.0 Å². The SMILES string of the molecule is CCCCN(CCCC)S(=O)(=O)c1c(N)ncn1C. The number of hydrogen-bond acceptors (Lipinski definition) is 4. The number of aromatic nitrogens is 2. The van der Waals surface area contributed by atoms with E-state index in [2.05, 4.69) is 4.98 Å². The van der Waals surface area contributed by atoms with Crippen LogP contribution in [0.2, 0.25) is 0 Å². The number of sulfonamides is 1. The summed E-state index contributed by atoms with van der Waals surface area (Å²) in [7, 11) is -1.91. The van der Waals surface area contributed by atoms with Crippen molar-refractivity contribution in [3.63, 3.8) is 0 Å². The van der Waals surface area contributed by atoms with E-state index in [0.29, 0.717) is 13.1 Å². The Morgan fingerprint density at radius 1 is 1.26 bits per heavy atom. The lowest BCUT2D eigenvalue weighted by Crippen LogP contribution is -2.34. The molecule has 0 unspecified atom stereocenters. The van der Waals surface area contributed by atoms with Crippen molar-refractivity contribution in [2.45, 2.75) is 44.6 Å². The van der Waals surface area contributed by atoms with E-state index in [0.717, 1.165) is 25.7 Å². The first-order valence-electron chi connectivity index (χ1n) is 6.72. The molecule has 1 aromatic rings. The maximum absolute atomic E-state index is 12.6. The molecular formula is C12H24N4O2S. The molecule has 0 radical (unpaired) electrons. The highest BCUT2D eigenvalue weighted by molar-refractivity contribution is 7.89. The number of nitrogens with zero attached hydrogens (tertiary/aromatic N) is 3. The van der Waals surface area contributed by atoms with E-state index in [-0.39, 0.29) is 10.8 Å². The van der Waals surface area contributed by atoms with E-state index >= 15 is 0 Å². The monoisotopic (exact) mass is 288 g/mol. The van der Waals surface area contributed by atoms with E-state index in [1.807, 2.05) is 13.8 Å². The molecule has 0 fully saturated rings. The number of aryl methyl sites for hydroxylation is 1. The number of anilines is 1. The van der Waals surface area contributed by atoms with Gasteiger partial charge in [0.05, 0.1) is 6.33 Å². The Bertz CT molecular complexity index is 468. The van der Waals surface area contributed by atoms with Crippen molar-refractivity contribution in [2.24, 2.45) is 7.05 Å². The Kier molecular flexibility index (Phi) is 5.81. The number of hydrogen-bond donors (Lipinski definition) is 1. The smallest absolute Gasteiger partial charge is 0.262 e. The molecule has 0 atom stereocenters. The standard InChI is InChI=1S/C12H24N4O2S/c1-4-6-8-16(9-7-5-2)19(17,18)12-11(13)14-10-15(12)3/h10H,4-9,13H2,1-3H3. The molecule has 0 aliphatic carbocycles. The third-order valence-corrected chi connectivity index (χ3v) is 5.05. The molecular weight excluding hydrogens is 264 g/mol. The van der Waals surface area contributed by atoms with Crippen LogP contribution in [0.15, 0.2) is 11.4 Å². The van der Waals surface area contributed by atoms with Crippen LogP contribution in [0.25, 0.3) is 0 Å². The van der Waals surface area contributed by atoms with E-state index in [9.17, 15) is 8.42 Å². The summed E-state index contributed by atoms with van der Waals surface area (Å²) in [6, 6.07) is 0. The minimum Gasteiger partial charge on any atom is -0.381 e. The van der Waals surface area contributed by atoms with Gasteiger partial charge in [0.15, 0.2) is 10.8 Å². The van der Waals surface area contributed by atoms with Crippen molar-refractivity contribution in [3.05, 3.63) is 6.33 Å². The van der Waals surface area contributed by atoms with Crippen LogP contribution in [0.3, 0.4) is 0 Å². The van der Waals surface area contributed by atoms with Crippen LogP contribution >= 0.6 is 0 Å². The Hall–Kier alpha value is -1.08. The summed E-state index contributed by atoms with van der Waals surface area (Å²) in [5, 5.41) is 0.0970. The largest absolute Gasteiger partial charge is 0.381 e. The molecule has 0 saturated heterocycles. The van der Waals surface area contributed by atoms with Gasteiger partial charge >= 0.3 is 0 Å². The molecule has 6 nitrogen and oxygen atoms in total. The molecule has 0 amide bonds. The Morgan fingerprint density at radius 2 is 1.79 bits per heavy atom. The summed E-state index contributed by atoms with van der Waals surface area (Å²) >= 11 is 0. The van der Waals surface area contributed by atoms with Crippen molar-refractivity contribution >= 4 is 15.8 Å². The van der Waals surface area contributed by atoms with Crippen molar-refractivity contribution in [1.82, 2.24) is 13.9 Å². The second-order valence-electron chi connectivity index (χ2n) is 4.66. The lowest BCUT2D eigenvalue weighted by Gasteiger charge is -2.22. The van der Waals surface area contributed by atoms with Gasteiger partial charge in [0.2, 0.25) is 0 Å². The summed E-state index contributed by atoms with van der Waals surface area (Å²) in [5.74, 6) is 0.0699. The van der Waals surface area contributed by atoms with Gasteiger partial charge in [-0.2, -0.15) is 4.31 Å². The zero-order valence-electron chi connectivity index (χ0n) is 12.0. The quantitative estimate of drug-likeness (QED) is 0.787. The number of unbranched alkanes of at least 4 members (excludes halogenated alkanes) is 2. The number of nitrogens with two attached hydrogens (primary N) is 1. The Balaban J connectivity index is 3.04. The van der Waals surface area contributed by atoms with Gasteiger partial charge in [-0.15, -0.1) is 0 Å². The highest BCUT2D eigenvalue weighted by Crippen LogP contribution is 2.21. The topological polar surface area (TPSA) is 81.2 Å². The fourth-order valence-corrected chi connectivity index (χ4v) is 3.61. The van der Waals surface area contributed by atoms with Crippen LogP contribution in [-0.2, 0) is 17.1 Å². The maximum Gasteiger partial charge on any atom is 0.262 e. The van der Waals surface area contributed by atoms with Crippen LogP contribution in [0.5, 0.6) is 0 Å². The van der Waals surface area contributed by atoms with Gasteiger partial charge in [0, 0.05) is 20.1 Å². The summed E-state index contributed by atoms with van der Waals surface area (Å²) in [6.07, 6.45) is 5.04. The van der Waals surface area contributed by atoms with Gasteiger partial charge in [-0.05, 0) is 12.8 Å². The Morgan fingerprint density at radius 3 is 2.16 bits per heavy atom. The van der Waals surface area contributed by atoms with Crippen LogP contribution in [0, 0.1) is 0 Å². The minimum absolute atomic E-state index is 0.0699. The molecule has 7 heteroatoms. The van der Waals surface area contributed by atoms with Crippen molar-refractivity contribution in [1.29, 1.82) is 0 Å². The number of imidazole rings is 1. The predicted molar refractivity (Wildman–Crippen MR) is 76.2 cm³/mol. The average molecular weight is 288 g/mol. The highest BCUT2D eigenvalue weighted by atomic mass is 32.2. The lowest BCUT2D eigenvalue weighted by atomic mass is 10.3. The second-order valence-corrected chi connectivity index (χ2v) is 6.51. The van der Waals surface area contributed by atoms with Crippen LogP contribution in [-0.4, -0.2) is 35.4 Å². The second kappa shape index (κ2) is 6.91. The molecule has 0 aromatic carbocycles. The first kappa shape index (κ1) is 16.0. The zero-order valence-corrected chi connectivity index (χ0v) is 12.8. The highest BCUT2D eigenvalue weighted by Gasteiger charge is 2.29. The van der Waals surface area contributed by atoms with Crippen molar-refractivity contribution in [3.8, 4) is 0 Å². The summed E-state index contributed by atoms with van der Waals surface area (Å²) in [6.45, 7) is 5.15. The summed E-state index contributed by atoms with van der Waals surface area (Å²) in [5.41, 5.74) is 5.68. The molecule has 2 N–H and O–H groups in total.